The van der Waals surface area contributed by atoms with Crippen molar-refractivity contribution in [3.8, 4) is 0 Å². The van der Waals surface area contributed by atoms with Crippen molar-refractivity contribution in [1.29, 1.82) is 0 Å². The molecule has 1 aromatic heterocycles. The number of rotatable bonds is 2. The third-order valence-corrected chi connectivity index (χ3v) is 2.17. The van der Waals surface area contributed by atoms with Crippen molar-refractivity contribution in [2.24, 2.45) is 0 Å². The number of carboxylic acid groups (broad SMARTS) is 1. The fourth-order valence-corrected chi connectivity index (χ4v) is 1.57. The third kappa shape index (κ3) is 1.98. The number of carbonyl (C=O) groups is 1. The number of benzene rings is 1. The van der Waals surface area contributed by atoms with Gasteiger partial charge in [0, 0.05) is 5.39 Å². The highest BCUT2D eigenvalue weighted by Gasteiger charge is 2.10. The first-order chi connectivity index (χ1) is 7.56. The predicted octanol–water partition coefficient (Wildman–Crippen LogP) is 1.70. The molecule has 2 aromatic rings. The van der Waals surface area contributed by atoms with E-state index in [9.17, 15) is 9.18 Å². The Morgan fingerprint density at radius 1 is 1.44 bits per heavy atom. The summed E-state index contributed by atoms with van der Waals surface area (Å²) in [5.74, 6) is -0.939. The highest BCUT2D eigenvalue weighted by Crippen LogP contribution is 2.17. The van der Waals surface area contributed by atoms with Crippen LogP contribution in [0.1, 0.15) is 11.5 Å². The van der Waals surface area contributed by atoms with Gasteiger partial charge in [-0.25, -0.2) is 14.4 Å². The number of fused-ring (bicyclic) bond motifs is 1. The third-order valence-electron chi connectivity index (χ3n) is 2.17. The molecule has 0 bridgehead atoms. The molecule has 0 unspecified atom stereocenters. The molecule has 0 aliphatic rings. The zero-order valence-corrected chi connectivity index (χ0v) is 8.57. The van der Waals surface area contributed by atoms with E-state index in [4.69, 9.17) is 5.11 Å². The first-order valence-electron chi connectivity index (χ1n) is 4.71. The van der Waals surface area contributed by atoms with E-state index in [1.54, 1.807) is 6.92 Å². The Morgan fingerprint density at radius 2 is 2.19 bits per heavy atom. The van der Waals surface area contributed by atoms with Gasteiger partial charge in [-0.15, -0.1) is 0 Å². The minimum atomic E-state index is -0.997. The topological polar surface area (TPSA) is 63.1 Å². The molecular weight excluding hydrogens is 211 g/mol. The van der Waals surface area contributed by atoms with Gasteiger partial charge in [-0.3, -0.25) is 4.79 Å². The van der Waals surface area contributed by atoms with Gasteiger partial charge in [0.05, 0.1) is 17.6 Å². The molecule has 16 heavy (non-hydrogen) atoms. The van der Waals surface area contributed by atoms with Crippen LogP contribution in [-0.2, 0) is 11.2 Å². The predicted molar refractivity (Wildman–Crippen MR) is 55.6 cm³/mol. The van der Waals surface area contributed by atoms with Crippen LogP contribution in [0.15, 0.2) is 18.2 Å². The molecule has 0 aliphatic heterocycles. The van der Waals surface area contributed by atoms with Crippen LogP contribution in [0, 0.1) is 12.7 Å². The molecule has 0 amide bonds. The summed E-state index contributed by atoms with van der Waals surface area (Å²) in [6.45, 7) is 1.67. The van der Waals surface area contributed by atoms with Gasteiger partial charge in [-0.05, 0) is 25.1 Å². The second-order valence-electron chi connectivity index (χ2n) is 3.45. The standard InChI is InChI=1S/C11H9FN2O2/c1-6-13-9-3-2-7(12)4-8(9)10(14-6)5-11(15)16/h2-4H,5H2,1H3,(H,15,16). The number of aliphatic carboxylic acids is 1. The summed E-state index contributed by atoms with van der Waals surface area (Å²) in [6, 6.07) is 4.07. The van der Waals surface area contributed by atoms with E-state index in [-0.39, 0.29) is 6.42 Å². The van der Waals surface area contributed by atoms with E-state index in [1.807, 2.05) is 0 Å². The van der Waals surface area contributed by atoms with Gasteiger partial charge in [-0.2, -0.15) is 0 Å². The fourth-order valence-electron chi connectivity index (χ4n) is 1.57. The maximum atomic E-state index is 13.1. The normalized spacial score (nSPS) is 10.6. The van der Waals surface area contributed by atoms with Gasteiger partial charge >= 0.3 is 5.97 Å². The number of hydrogen-bond acceptors (Lipinski definition) is 3. The Labute approximate surface area is 90.8 Å². The zero-order chi connectivity index (χ0) is 11.7. The average Bonchev–Trinajstić information content (AvgIpc) is 2.18. The summed E-state index contributed by atoms with van der Waals surface area (Å²) < 4.78 is 13.1. The molecule has 0 fully saturated rings. The van der Waals surface area contributed by atoms with Gasteiger partial charge < -0.3 is 5.11 Å². The average molecular weight is 220 g/mol. The number of aromatic nitrogens is 2. The summed E-state index contributed by atoms with van der Waals surface area (Å²) in [5.41, 5.74) is 0.902. The molecule has 0 radical (unpaired) electrons. The highest BCUT2D eigenvalue weighted by molar-refractivity contribution is 5.84. The van der Waals surface area contributed by atoms with Gasteiger partial charge in [0.1, 0.15) is 11.6 Å². The van der Waals surface area contributed by atoms with Crippen LogP contribution in [0.25, 0.3) is 10.9 Å². The summed E-state index contributed by atoms with van der Waals surface area (Å²) in [7, 11) is 0. The Hall–Kier alpha value is -2.04. The van der Waals surface area contributed by atoms with Gasteiger partial charge in [0.15, 0.2) is 0 Å². The molecule has 5 heteroatoms. The van der Waals surface area contributed by atoms with Crippen molar-refractivity contribution < 1.29 is 14.3 Å². The van der Waals surface area contributed by atoms with E-state index in [2.05, 4.69) is 9.97 Å². The lowest BCUT2D eigenvalue weighted by Gasteiger charge is -2.04. The lowest BCUT2D eigenvalue weighted by Crippen LogP contribution is -2.05. The molecule has 2 rings (SSSR count). The summed E-state index contributed by atoms with van der Waals surface area (Å²) in [6.07, 6.45) is -0.233. The molecule has 0 spiro atoms. The van der Waals surface area contributed by atoms with Crippen molar-refractivity contribution >= 4 is 16.9 Å². The summed E-state index contributed by atoms with van der Waals surface area (Å²) in [4.78, 5) is 18.8. The Bertz CT molecular complexity index is 569. The maximum absolute atomic E-state index is 13.1. The Balaban J connectivity index is 2.69. The SMILES string of the molecule is Cc1nc(CC(=O)O)c2cc(F)ccc2n1. The van der Waals surface area contributed by atoms with Crippen molar-refractivity contribution in [2.75, 3.05) is 0 Å². The van der Waals surface area contributed by atoms with Crippen LogP contribution in [0.3, 0.4) is 0 Å². The van der Waals surface area contributed by atoms with Crippen LogP contribution >= 0.6 is 0 Å². The zero-order valence-electron chi connectivity index (χ0n) is 8.57. The number of halogens is 1. The van der Waals surface area contributed by atoms with Crippen molar-refractivity contribution in [3.63, 3.8) is 0 Å². The lowest BCUT2D eigenvalue weighted by molar-refractivity contribution is -0.136. The molecule has 4 nitrogen and oxygen atoms in total. The molecule has 0 saturated carbocycles. The Kier molecular flexibility index (Phi) is 2.52. The summed E-state index contributed by atoms with van der Waals surface area (Å²) in [5, 5.41) is 9.18. The maximum Gasteiger partial charge on any atom is 0.309 e. The molecular formula is C11H9FN2O2. The molecule has 0 atom stereocenters. The monoisotopic (exact) mass is 220 g/mol. The second kappa shape index (κ2) is 3.84. The lowest BCUT2D eigenvalue weighted by atomic mass is 10.1. The van der Waals surface area contributed by atoms with Crippen LogP contribution in [0.5, 0.6) is 0 Å². The number of aryl methyl sites for hydroxylation is 1. The summed E-state index contributed by atoms with van der Waals surface area (Å²) >= 11 is 0. The van der Waals surface area contributed by atoms with Crippen molar-refractivity contribution in [1.82, 2.24) is 9.97 Å². The van der Waals surface area contributed by atoms with E-state index in [1.165, 1.54) is 18.2 Å². The quantitative estimate of drug-likeness (QED) is 0.836. The van der Waals surface area contributed by atoms with E-state index < -0.39 is 11.8 Å². The number of carboxylic acids is 1. The highest BCUT2D eigenvalue weighted by atomic mass is 19.1. The minimum absolute atomic E-state index is 0.233. The molecule has 1 heterocycles. The van der Waals surface area contributed by atoms with Crippen molar-refractivity contribution in [3.05, 3.63) is 35.5 Å². The van der Waals surface area contributed by atoms with Gasteiger partial charge in [-0.1, -0.05) is 0 Å². The first kappa shape index (κ1) is 10.5. The van der Waals surface area contributed by atoms with Gasteiger partial charge in [0.2, 0.25) is 0 Å². The number of nitrogens with zero attached hydrogens (tertiary/aromatic N) is 2. The van der Waals surface area contributed by atoms with Crippen LogP contribution in [0.2, 0.25) is 0 Å². The smallest absolute Gasteiger partial charge is 0.309 e. The molecule has 0 aliphatic carbocycles. The molecule has 0 saturated heterocycles. The second-order valence-corrected chi connectivity index (χ2v) is 3.45. The molecule has 1 N–H and O–H groups in total. The van der Waals surface area contributed by atoms with Crippen molar-refractivity contribution in [2.45, 2.75) is 13.3 Å². The minimum Gasteiger partial charge on any atom is -0.481 e. The van der Waals surface area contributed by atoms with Crippen LogP contribution < -0.4 is 0 Å². The first-order valence-corrected chi connectivity index (χ1v) is 4.71. The Morgan fingerprint density at radius 3 is 2.88 bits per heavy atom. The van der Waals surface area contributed by atoms with E-state index in [0.717, 1.165) is 0 Å². The largest absolute Gasteiger partial charge is 0.481 e. The number of hydrogen-bond donors (Lipinski definition) is 1. The molecule has 1 aromatic carbocycles. The molecule has 82 valence electrons. The van der Waals surface area contributed by atoms with E-state index >= 15 is 0 Å². The van der Waals surface area contributed by atoms with Crippen LogP contribution in [0.4, 0.5) is 4.39 Å². The van der Waals surface area contributed by atoms with Gasteiger partial charge in [0.25, 0.3) is 0 Å². The van der Waals surface area contributed by atoms with Crippen LogP contribution in [-0.4, -0.2) is 21.0 Å². The van der Waals surface area contributed by atoms with E-state index in [0.29, 0.717) is 22.4 Å². The fraction of sp³-hybridized carbons (Fsp3) is 0.182.